The van der Waals surface area contributed by atoms with Crippen LogP contribution in [0.15, 0.2) is 48.5 Å². The number of benzene rings is 2. The summed E-state index contributed by atoms with van der Waals surface area (Å²) >= 11 is 0. The largest absolute Gasteiger partial charge is 0.416 e. The fourth-order valence-electron chi connectivity index (χ4n) is 2.84. The van der Waals surface area contributed by atoms with Gasteiger partial charge >= 0.3 is 6.18 Å². The Hall–Kier alpha value is -2.82. The number of aryl methyl sites for hydroxylation is 1. The molecule has 0 heterocycles. The number of alkyl halides is 3. The van der Waals surface area contributed by atoms with Gasteiger partial charge in [-0.1, -0.05) is 36.4 Å². The Morgan fingerprint density at radius 1 is 0.971 bits per heavy atom. The third kappa shape index (κ3) is 9.58. The number of hydrogen-bond donors (Lipinski definition) is 5. The van der Waals surface area contributed by atoms with E-state index < -0.39 is 35.6 Å². The summed E-state index contributed by atoms with van der Waals surface area (Å²) in [5, 5.41) is 12.6. The first-order valence-electron chi connectivity index (χ1n) is 9.90. The zero-order valence-corrected chi connectivity index (χ0v) is 19.9. The Labute approximate surface area is 208 Å². The maximum atomic E-state index is 12.6. The van der Waals surface area contributed by atoms with Crippen molar-refractivity contribution in [2.75, 3.05) is 0 Å². The number of halogens is 5. The van der Waals surface area contributed by atoms with Crippen LogP contribution in [0.4, 0.5) is 13.2 Å². The quantitative estimate of drug-likeness (QED) is 0.256. The van der Waals surface area contributed by atoms with E-state index in [-0.39, 0.29) is 43.6 Å². The summed E-state index contributed by atoms with van der Waals surface area (Å²) in [7, 11) is 0. The van der Waals surface area contributed by atoms with Crippen LogP contribution in [0.2, 0.25) is 0 Å². The molecule has 0 saturated carbocycles. The van der Waals surface area contributed by atoms with Gasteiger partial charge in [0.15, 0.2) is 0 Å². The molecule has 0 aliphatic carbocycles. The average Bonchev–Trinajstić information content (AvgIpc) is 2.75. The van der Waals surface area contributed by atoms with Gasteiger partial charge in [0.05, 0.1) is 11.6 Å². The predicted molar refractivity (Wildman–Crippen MR) is 129 cm³/mol. The van der Waals surface area contributed by atoms with Gasteiger partial charge in [-0.15, -0.1) is 24.8 Å². The van der Waals surface area contributed by atoms with Crippen LogP contribution < -0.4 is 22.1 Å². The van der Waals surface area contributed by atoms with Crippen LogP contribution in [0, 0.1) is 5.41 Å². The lowest BCUT2D eigenvalue weighted by molar-refractivity contribution is -0.137. The van der Waals surface area contributed by atoms with Crippen molar-refractivity contribution in [3.8, 4) is 0 Å². The van der Waals surface area contributed by atoms with E-state index in [1.54, 1.807) is 24.3 Å². The number of rotatable bonds is 9. The van der Waals surface area contributed by atoms with Crippen LogP contribution >= 0.6 is 24.8 Å². The molecule has 12 heteroatoms. The smallest absolute Gasteiger partial charge is 0.384 e. The minimum absolute atomic E-state index is 0. The normalized spacial score (nSPS) is 12.4. The van der Waals surface area contributed by atoms with Crippen LogP contribution in [-0.4, -0.2) is 29.7 Å². The summed E-state index contributed by atoms with van der Waals surface area (Å²) in [6.45, 7) is 1.76. The van der Waals surface area contributed by atoms with E-state index in [0.29, 0.717) is 17.5 Å². The highest BCUT2D eigenvalue weighted by atomic mass is 35.5. The van der Waals surface area contributed by atoms with Crippen molar-refractivity contribution in [2.24, 2.45) is 11.5 Å². The van der Waals surface area contributed by atoms with E-state index >= 15 is 0 Å². The fraction of sp³-hybridized carbons (Fsp3) is 0.318. The molecule has 2 aromatic rings. The Morgan fingerprint density at radius 2 is 1.50 bits per heavy atom. The lowest BCUT2D eigenvalue weighted by Gasteiger charge is -2.17. The Balaban J connectivity index is 0.00000544. The molecule has 2 aromatic carbocycles. The lowest BCUT2D eigenvalue weighted by atomic mass is 10.0. The van der Waals surface area contributed by atoms with E-state index in [1.807, 2.05) is 0 Å². The SMILES string of the molecule is C[C@H](NC(=O)[C@H](N)CCc1ccc(C(F)(F)F)cc1)C(=O)NCc1ccc(C(=N)N)cc1.Cl.Cl. The second-order valence-corrected chi connectivity index (χ2v) is 7.40. The number of nitrogens with two attached hydrogens (primary N) is 2. The molecule has 2 rings (SSSR count). The zero-order chi connectivity index (χ0) is 23.9. The van der Waals surface area contributed by atoms with Gasteiger partial charge in [-0.3, -0.25) is 15.0 Å². The number of nitrogen functional groups attached to an aromatic ring is 1. The van der Waals surface area contributed by atoms with Gasteiger partial charge in [-0.25, -0.2) is 0 Å². The molecule has 0 aliphatic rings. The van der Waals surface area contributed by atoms with Crippen molar-refractivity contribution in [3.05, 3.63) is 70.8 Å². The summed E-state index contributed by atoms with van der Waals surface area (Å²) in [4.78, 5) is 24.5. The Kier molecular flexibility index (Phi) is 12.6. The molecule has 0 spiro atoms. The van der Waals surface area contributed by atoms with Crippen molar-refractivity contribution in [3.63, 3.8) is 0 Å². The molecule has 0 radical (unpaired) electrons. The van der Waals surface area contributed by atoms with Gasteiger partial charge in [-0.05, 0) is 43.0 Å². The molecule has 0 bridgehead atoms. The molecule has 188 valence electrons. The molecule has 7 N–H and O–H groups in total. The number of nitrogens with one attached hydrogen (secondary N) is 3. The van der Waals surface area contributed by atoms with E-state index in [2.05, 4.69) is 10.6 Å². The maximum Gasteiger partial charge on any atom is 0.416 e. The van der Waals surface area contributed by atoms with Crippen molar-refractivity contribution < 1.29 is 22.8 Å². The van der Waals surface area contributed by atoms with Gasteiger partial charge in [-0.2, -0.15) is 13.2 Å². The molecular formula is C22H28Cl2F3N5O2. The molecule has 0 unspecified atom stereocenters. The minimum atomic E-state index is -4.40. The molecule has 2 amide bonds. The number of hydrogen-bond acceptors (Lipinski definition) is 4. The van der Waals surface area contributed by atoms with Crippen LogP contribution in [0.25, 0.3) is 0 Å². The summed E-state index contributed by atoms with van der Waals surface area (Å²) in [6.07, 6.45) is -3.86. The molecule has 0 aromatic heterocycles. The van der Waals surface area contributed by atoms with Gasteiger partial charge in [0.2, 0.25) is 11.8 Å². The first kappa shape index (κ1) is 31.2. The topological polar surface area (TPSA) is 134 Å². The Morgan fingerprint density at radius 3 is 2.00 bits per heavy atom. The number of amides is 2. The zero-order valence-electron chi connectivity index (χ0n) is 18.3. The third-order valence-electron chi connectivity index (χ3n) is 4.85. The van der Waals surface area contributed by atoms with E-state index in [9.17, 15) is 22.8 Å². The van der Waals surface area contributed by atoms with Crippen LogP contribution in [-0.2, 0) is 28.7 Å². The monoisotopic (exact) mass is 521 g/mol. The van der Waals surface area contributed by atoms with Crippen molar-refractivity contribution >= 4 is 42.5 Å². The molecule has 34 heavy (non-hydrogen) atoms. The second kappa shape index (κ2) is 13.8. The van der Waals surface area contributed by atoms with Crippen LogP contribution in [0.5, 0.6) is 0 Å². The number of carbonyl (C=O) groups excluding carboxylic acids is 2. The van der Waals surface area contributed by atoms with Crippen LogP contribution in [0.1, 0.15) is 35.6 Å². The Bertz CT molecular complexity index is 955. The average molecular weight is 522 g/mol. The summed E-state index contributed by atoms with van der Waals surface area (Å²) in [5.74, 6) is -0.971. The van der Waals surface area contributed by atoms with Crippen molar-refractivity contribution in [1.82, 2.24) is 10.6 Å². The molecule has 2 atom stereocenters. The first-order chi connectivity index (χ1) is 15.0. The lowest BCUT2D eigenvalue weighted by Crippen LogP contribution is -2.50. The number of amidine groups is 1. The summed E-state index contributed by atoms with van der Waals surface area (Å²) in [6, 6.07) is 9.76. The maximum absolute atomic E-state index is 12.6. The standard InChI is InChI=1S/C22H26F3N5O2.2ClH/c1-13(20(31)29-12-15-2-7-16(8-3-15)19(27)28)30-21(32)18(26)11-6-14-4-9-17(10-5-14)22(23,24)25;;/h2-5,7-10,13,18H,6,11-12,26H2,1H3,(H3,27,28)(H,29,31)(H,30,32);2*1H/t13-,18+;;/m0../s1. The minimum Gasteiger partial charge on any atom is -0.384 e. The van der Waals surface area contributed by atoms with Gasteiger partial charge < -0.3 is 22.1 Å². The van der Waals surface area contributed by atoms with Gasteiger partial charge in [0.1, 0.15) is 11.9 Å². The highest BCUT2D eigenvalue weighted by Gasteiger charge is 2.30. The summed E-state index contributed by atoms with van der Waals surface area (Å²) < 4.78 is 37.8. The summed E-state index contributed by atoms with van der Waals surface area (Å²) in [5.41, 5.74) is 12.5. The molecule has 0 aliphatic heterocycles. The predicted octanol–water partition coefficient (Wildman–Crippen LogP) is 2.91. The van der Waals surface area contributed by atoms with E-state index in [1.165, 1.54) is 19.1 Å². The van der Waals surface area contributed by atoms with Crippen molar-refractivity contribution in [2.45, 2.75) is 44.6 Å². The molecule has 7 nitrogen and oxygen atoms in total. The molecular weight excluding hydrogens is 494 g/mol. The van der Waals surface area contributed by atoms with E-state index in [0.717, 1.165) is 17.7 Å². The second-order valence-electron chi connectivity index (χ2n) is 7.40. The van der Waals surface area contributed by atoms with Gasteiger partial charge in [0, 0.05) is 12.1 Å². The highest BCUT2D eigenvalue weighted by Crippen LogP contribution is 2.29. The highest BCUT2D eigenvalue weighted by molar-refractivity contribution is 5.95. The van der Waals surface area contributed by atoms with E-state index in [4.69, 9.17) is 16.9 Å². The molecule has 0 fully saturated rings. The van der Waals surface area contributed by atoms with Gasteiger partial charge in [0.25, 0.3) is 0 Å². The van der Waals surface area contributed by atoms with Crippen LogP contribution in [0.3, 0.4) is 0 Å². The number of carbonyl (C=O) groups is 2. The first-order valence-corrected chi connectivity index (χ1v) is 9.90. The fourth-order valence-corrected chi connectivity index (χ4v) is 2.84. The molecule has 0 saturated heterocycles. The van der Waals surface area contributed by atoms with Crippen molar-refractivity contribution in [1.29, 1.82) is 5.41 Å². The third-order valence-corrected chi connectivity index (χ3v) is 4.85.